The molecule has 2 aromatic rings. The van der Waals surface area contributed by atoms with Crippen LogP contribution in [0.4, 0.5) is 13.6 Å². The van der Waals surface area contributed by atoms with Crippen molar-refractivity contribution < 1.29 is 32.6 Å². The van der Waals surface area contributed by atoms with E-state index in [1.807, 2.05) is 0 Å². The van der Waals surface area contributed by atoms with Crippen LogP contribution in [0.25, 0.3) is 6.08 Å². The summed E-state index contributed by atoms with van der Waals surface area (Å²) in [6.45, 7) is -1.30. The fourth-order valence-electron chi connectivity index (χ4n) is 2.61. The van der Waals surface area contributed by atoms with E-state index in [0.717, 1.165) is 28.2 Å². The maximum atomic E-state index is 12.6. The average Bonchev–Trinajstić information content (AvgIpc) is 3.26. The molecule has 1 aromatic heterocycles. The first-order chi connectivity index (χ1) is 14.8. The number of ether oxygens (including phenoxy) is 2. The van der Waals surface area contributed by atoms with E-state index in [1.54, 1.807) is 6.92 Å². The monoisotopic (exact) mass is 470 g/mol. The largest absolute Gasteiger partial charge is 0.493 e. The van der Waals surface area contributed by atoms with Crippen molar-refractivity contribution in [3.8, 4) is 11.5 Å². The van der Waals surface area contributed by atoms with Crippen LogP contribution in [0.2, 0.25) is 0 Å². The number of aromatic nitrogens is 2. The standard InChI is InChI=1S/C18H16F2N4O5S2/c1-9-14(31-23-22-9)15(25)21-5-6-24-16(26)13(30-18(24)27)8-10-3-4-11(29-17(19)20)12(7-10)28-2/h3-4,7-8,17H,5-6H2,1-2H3,(H,21,25)/b13-8-. The second-order valence-corrected chi connectivity index (χ2v) is 7.81. The lowest BCUT2D eigenvalue weighted by molar-refractivity contribution is -0.122. The molecule has 0 atom stereocenters. The summed E-state index contributed by atoms with van der Waals surface area (Å²) in [6, 6.07) is 4.16. The Kier molecular flexibility index (Phi) is 7.17. The lowest BCUT2D eigenvalue weighted by atomic mass is 10.2. The molecular weight excluding hydrogens is 454 g/mol. The molecule has 13 heteroatoms. The lowest BCUT2D eigenvalue weighted by Gasteiger charge is -2.12. The minimum atomic E-state index is -3.01. The molecule has 1 aliphatic heterocycles. The SMILES string of the molecule is COc1cc(/C=C2\SC(=O)N(CCNC(=O)c3snnc3C)C2=O)ccc1OC(F)F. The van der Waals surface area contributed by atoms with Gasteiger partial charge in [-0.25, -0.2) is 0 Å². The van der Waals surface area contributed by atoms with Gasteiger partial charge in [0.1, 0.15) is 4.88 Å². The summed E-state index contributed by atoms with van der Waals surface area (Å²) < 4.78 is 38.0. The van der Waals surface area contributed by atoms with Crippen molar-refractivity contribution in [3.05, 3.63) is 39.2 Å². The first-order valence-corrected chi connectivity index (χ1v) is 10.3. The summed E-state index contributed by atoms with van der Waals surface area (Å²) in [5.74, 6) is -0.992. The highest BCUT2D eigenvalue weighted by atomic mass is 32.2. The summed E-state index contributed by atoms with van der Waals surface area (Å²) in [5, 5.41) is 5.89. The number of carbonyl (C=O) groups is 3. The quantitative estimate of drug-likeness (QED) is 0.587. The number of amides is 3. The Hall–Kier alpha value is -3.06. The molecule has 0 bridgehead atoms. The molecule has 1 saturated heterocycles. The van der Waals surface area contributed by atoms with Crippen molar-refractivity contribution in [3.63, 3.8) is 0 Å². The molecular formula is C18H16F2N4O5S2. The molecule has 3 amide bonds. The van der Waals surface area contributed by atoms with Gasteiger partial charge in [0, 0.05) is 13.1 Å². The number of hydrogen-bond acceptors (Lipinski definition) is 9. The normalized spacial score (nSPS) is 15.1. The van der Waals surface area contributed by atoms with Crippen LogP contribution in [0.3, 0.4) is 0 Å². The number of alkyl halides is 2. The van der Waals surface area contributed by atoms with Crippen molar-refractivity contribution in [2.75, 3.05) is 20.2 Å². The van der Waals surface area contributed by atoms with Crippen molar-refractivity contribution in [1.82, 2.24) is 19.8 Å². The molecule has 0 radical (unpaired) electrons. The smallest absolute Gasteiger partial charge is 0.387 e. The van der Waals surface area contributed by atoms with Crippen LogP contribution >= 0.6 is 23.3 Å². The van der Waals surface area contributed by atoms with Gasteiger partial charge >= 0.3 is 6.61 Å². The van der Waals surface area contributed by atoms with Crippen molar-refractivity contribution in [2.24, 2.45) is 0 Å². The number of nitrogens with zero attached hydrogens (tertiary/aromatic N) is 3. The molecule has 9 nitrogen and oxygen atoms in total. The van der Waals surface area contributed by atoms with E-state index in [0.29, 0.717) is 16.1 Å². The van der Waals surface area contributed by atoms with E-state index in [4.69, 9.17) is 4.74 Å². The van der Waals surface area contributed by atoms with Gasteiger partial charge in [0.15, 0.2) is 11.5 Å². The number of nitrogens with one attached hydrogen (secondary N) is 1. The number of halogens is 2. The van der Waals surface area contributed by atoms with Crippen molar-refractivity contribution in [2.45, 2.75) is 13.5 Å². The first kappa shape index (κ1) is 22.6. The van der Waals surface area contributed by atoms with Gasteiger partial charge in [-0.2, -0.15) is 8.78 Å². The van der Waals surface area contributed by atoms with Crippen LogP contribution < -0.4 is 14.8 Å². The van der Waals surface area contributed by atoms with Gasteiger partial charge in [-0.3, -0.25) is 19.3 Å². The summed E-state index contributed by atoms with van der Waals surface area (Å²) in [4.78, 5) is 38.4. The molecule has 0 aliphatic carbocycles. The maximum absolute atomic E-state index is 12.6. The third-order valence-corrected chi connectivity index (χ3v) is 5.79. The number of hydrogen-bond donors (Lipinski definition) is 1. The predicted octanol–water partition coefficient (Wildman–Crippen LogP) is 2.92. The summed E-state index contributed by atoms with van der Waals surface area (Å²) in [6.07, 6.45) is 1.45. The number of benzene rings is 1. The number of carbonyl (C=O) groups excluding carboxylic acids is 3. The van der Waals surface area contributed by atoms with Crippen LogP contribution in [0.5, 0.6) is 11.5 Å². The van der Waals surface area contributed by atoms with E-state index in [2.05, 4.69) is 19.6 Å². The van der Waals surface area contributed by atoms with Crippen molar-refractivity contribution in [1.29, 1.82) is 0 Å². The minimum Gasteiger partial charge on any atom is -0.493 e. The van der Waals surface area contributed by atoms with Crippen LogP contribution in [-0.2, 0) is 4.79 Å². The van der Waals surface area contributed by atoms with E-state index in [1.165, 1.54) is 31.4 Å². The van der Waals surface area contributed by atoms with Gasteiger partial charge in [-0.1, -0.05) is 10.6 Å². The van der Waals surface area contributed by atoms with E-state index < -0.39 is 17.8 Å². The molecule has 0 saturated carbocycles. The van der Waals surface area contributed by atoms with Crippen LogP contribution in [0, 0.1) is 6.92 Å². The van der Waals surface area contributed by atoms with Crippen LogP contribution in [0.15, 0.2) is 23.1 Å². The third kappa shape index (κ3) is 5.35. The lowest BCUT2D eigenvalue weighted by Crippen LogP contribution is -2.37. The average molecular weight is 470 g/mol. The zero-order valence-corrected chi connectivity index (χ0v) is 17.9. The molecule has 1 aliphatic rings. The predicted molar refractivity (Wildman–Crippen MR) is 109 cm³/mol. The van der Waals surface area contributed by atoms with E-state index in [9.17, 15) is 23.2 Å². The van der Waals surface area contributed by atoms with E-state index in [-0.39, 0.29) is 35.4 Å². The Morgan fingerprint density at radius 3 is 2.74 bits per heavy atom. The van der Waals surface area contributed by atoms with Gasteiger partial charge in [0.25, 0.3) is 17.1 Å². The van der Waals surface area contributed by atoms with Gasteiger partial charge in [0.2, 0.25) is 0 Å². The highest BCUT2D eigenvalue weighted by Crippen LogP contribution is 2.34. The summed E-state index contributed by atoms with van der Waals surface area (Å²) in [7, 11) is 1.30. The second-order valence-electron chi connectivity index (χ2n) is 6.07. The Morgan fingerprint density at radius 1 is 1.32 bits per heavy atom. The van der Waals surface area contributed by atoms with Gasteiger partial charge < -0.3 is 14.8 Å². The molecule has 0 unspecified atom stereocenters. The Labute approximate surface area is 183 Å². The molecule has 164 valence electrons. The highest BCUT2D eigenvalue weighted by Gasteiger charge is 2.34. The minimum absolute atomic E-state index is 0.0104. The molecule has 31 heavy (non-hydrogen) atoms. The molecule has 2 heterocycles. The van der Waals surface area contributed by atoms with Gasteiger partial charge in [-0.05, 0) is 54.0 Å². The van der Waals surface area contributed by atoms with Crippen molar-refractivity contribution >= 4 is 46.4 Å². The van der Waals surface area contributed by atoms with E-state index >= 15 is 0 Å². The molecule has 3 rings (SSSR count). The second kappa shape index (κ2) is 9.83. The molecule has 0 spiro atoms. The first-order valence-electron chi connectivity index (χ1n) is 8.75. The maximum Gasteiger partial charge on any atom is 0.387 e. The molecule has 1 N–H and O–H groups in total. The Balaban J connectivity index is 1.65. The Bertz CT molecular complexity index is 1040. The number of aryl methyl sites for hydroxylation is 1. The van der Waals surface area contributed by atoms with Crippen LogP contribution in [-0.4, -0.2) is 58.4 Å². The zero-order valence-electron chi connectivity index (χ0n) is 16.3. The zero-order chi connectivity index (χ0) is 22.5. The Morgan fingerprint density at radius 2 is 2.10 bits per heavy atom. The topological polar surface area (TPSA) is 111 Å². The fraction of sp³-hybridized carbons (Fsp3) is 0.278. The number of methoxy groups -OCH3 is 1. The molecule has 1 fully saturated rings. The highest BCUT2D eigenvalue weighted by molar-refractivity contribution is 8.18. The fourth-order valence-corrected chi connectivity index (χ4v) is 4.05. The van der Waals surface area contributed by atoms with Gasteiger partial charge in [-0.15, -0.1) is 5.10 Å². The molecule has 1 aromatic carbocycles. The van der Waals surface area contributed by atoms with Crippen LogP contribution in [0.1, 0.15) is 20.9 Å². The number of thioether (sulfide) groups is 1. The number of imide groups is 1. The summed E-state index contributed by atoms with van der Waals surface area (Å²) >= 11 is 1.70. The third-order valence-electron chi connectivity index (χ3n) is 4.05. The van der Waals surface area contributed by atoms with Gasteiger partial charge in [0.05, 0.1) is 17.7 Å². The number of rotatable bonds is 8. The summed E-state index contributed by atoms with van der Waals surface area (Å²) in [5.41, 5.74) is 0.961.